The van der Waals surface area contributed by atoms with Crippen molar-refractivity contribution in [2.24, 2.45) is 0 Å². The molecule has 2 rings (SSSR count). The predicted octanol–water partition coefficient (Wildman–Crippen LogP) is 2.72. The fourth-order valence-electron chi connectivity index (χ4n) is 2.37. The number of benzene rings is 2. The highest BCUT2D eigenvalue weighted by atomic mass is 16.6. The van der Waals surface area contributed by atoms with Crippen molar-refractivity contribution in [1.29, 1.82) is 0 Å². The number of hydrogen-bond acceptors (Lipinski definition) is 5. The first-order chi connectivity index (χ1) is 12.9. The van der Waals surface area contributed by atoms with Crippen LogP contribution in [-0.2, 0) is 20.9 Å². The second kappa shape index (κ2) is 9.62. The molecule has 6 nitrogen and oxygen atoms in total. The molecule has 0 saturated carbocycles. The molecule has 1 atom stereocenters. The molecule has 6 heteroatoms. The molecule has 2 aromatic carbocycles. The maximum atomic E-state index is 12.2. The van der Waals surface area contributed by atoms with Crippen LogP contribution in [0.2, 0.25) is 0 Å². The van der Waals surface area contributed by atoms with E-state index in [1.165, 1.54) is 4.90 Å². The first kappa shape index (κ1) is 20.3. The first-order valence-electron chi connectivity index (χ1n) is 8.75. The molecule has 0 radical (unpaired) electrons. The lowest BCUT2D eigenvalue weighted by atomic mass is 10.2. The minimum Gasteiger partial charge on any atom is -0.479 e. The van der Waals surface area contributed by atoms with Crippen LogP contribution in [0, 0.1) is 0 Å². The summed E-state index contributed by atoms with van der Waals surface area (Å²) in [5, 5.41) is 0. The molecule has 2 aromatic rings. The van der Waals surface area contributed by atoms with Crippen LogP contribution in [0.3, 0.4) is 0 Å². The summed E-state index contributed by atoms with van der Waals surface area (Å²) in [5.74, 6) is -0.269. The molecule has 0 fully saturated rings. The zero-order valence-corrected chi connectivity index (χ0v) is 16.2. The molecule has 144 valence electrons. The molecule has 0 bridgehead atoms. The molecule has 0 unspecified atom stereocenters. The van der Waals surface area contributed by atoms with Crippen molar-refractivity contribution in [1.82, 2.24) is 4.90 Å². The smallest absolute Gasteiger partial charge is 0.347 e. The molecule has 1 amide bonds. The van der Waals surface area contributed by atoms with E-state index >= 15 is 0 Å². The van der Waals surface area contributed by atoms with Crippen molar-refractivity contribution < 1.29 is 19.1 Å². The number of hydrogen-bond donors (Lipinski definition) is 0. The van der Waals surface area contributed by atoms with Crippen LogP contribution in [0.4, 0.5) is 5.69 Å². The summed E-state index contributed by atoms with van der Waals surface area (Å²) in [5.41, 5.74) is 2.10. The molecule has 0 saturated heterocycles. The Morgan fingerprint density at radius 2 is 1.59 bits per heavy atom. The van der Waals surface area contributed by atoms with Gasteiger partial charge in [0, 0.05) is 33.4 Å². The average molecular weight is 370 g/mol. The second-order valence-corrected chi connectivity index (χ2v) is 6.49. The summed E-state index contributed by atoms with van der Waals surface area (Å²) in [4.78, 5) is 27.8. The number of rotatable bonds is 8. The fraction of sp³-hybridized carbons (Fsp3) is 0.333. The van der Waals surface area contributed by atoms with Gasteiger partial charge < -0.3 is 19.3 Å². The Morgan fingerprint density at radius 1 is 0.963 bits per heavy atom. The summed E-state index contributed by atoms with van der Waals surface area (Å²) >= 11 is 0. The normalized spacial score (nSPS) is 11.4. The van der Waals surface area contributed by atoms with Gasteiger partial charge in [0.15, 0.2) is 12.7 Å². The van der Waals surface area contributed by atoms with E-state index in [2.05, 4.69) is 0 Å². The van der Waals surface area contributed by atoms with E-state index in [0.29, 0.717) is 12.3 Å². The fourth-order valence-corrected chi connectivity index (χ4v) is 2.37. The summed E-state index contributed by atoms with van der Waals surface area (Å²) in [7, 11) is 5.63. The topological polar surface area (TPSA) is 59.1 Å². The van der Waals surface area contributed by atoms with E-state index in [1.807, 2.05) is 61.5 Å². The van der Waals surface area contributed by atoms with E-state index in [4.69, 9.17) is 9.47 Å². The molecule has 0 spiro atoms. The van der Waals surface area contributed by atoms with Gasteiger partial charge in [0.25, 0.3) is 5.91 Å². The number of ether oxygens (including phenoxy) is 2. The van der Waals surface area contributed by atoms with Crippen molar-refractivity contribution in [3.63, 3.8) is 0 Å². The van der Waals surface area contributed by atoms with Crippen LogP contribution < -0.4 is 9.64 Å². The van der Waals surface area contributed by atoms with Crippen LogP contribution in [0.25, 0.3) is 0 Å². The Balaban J connectivity index is 1.79. The number of nitrogens with zero attached hydrogens (tertiary/aromatic N) is 2. The first-order valence-corrected chi connectivity index (χ1v) is 8.75. The molecule has 0 aliphatic rings. The van der Waals surface area contributed by atoms with Gasteiger partial charge in [0.05, 0.1) is 0 Å². The Kier molecular flexibility index (Phi) is 7.23. The van der Waals surface area contributed by atoms with Gasteiger partial charge >= 0.3 is 5.97 Å². The highest BCUT2D eigenvalue weighted by Crippen LogP contribution is 2.14. The van der Waals surface area contributed by atoms with Crippen molar-refractivity contribution in [3.8, 4) is 5.75 Å². The van der Waals surface area contributed by atoms with Crippen LogP contribution >= 0.6 is 0 Å². The number of anilines is 1. The Hall–Kier alpha value is -3.02. The zero-order chi connectivity index (χ0) is 19.8. The molecule has 0 heterocycles. The highest BCUT2D eigenvalue weighted by molar-refractivity contribution is 5.82. The number of para-hydroxylation sites is 1. The van der Waals surface area contributed by atoms with Gasteiger partial charge in [-0.1, -0.05) is 30.3 Å². The summed E-state index contributed by atoms with van der Waals surface area (Å²) < 4.78 is 10.6. The minimum absolute atomic E-state index is 0.271. The van der Waals surface area contributed by atoms with Crippen LogP contribution in [0.15, 0.2) is 54.6 Å². The maximum Gasteiger partial charge on any atom is 0.347 e. The van der Waals surface area contributed by atoms with E-state index in [-0.39, 0.29) is 12.5 Å². The van der Waals surface area contributed by atoms with Crippen molar-refractivity contribution in [2.75, 3.05) is 32.6 Å². The van der Waals surface area contributed by atoms with Gasteiger partial charge in [-0.05, 0) is 36.8 Å². The Labute approximate surface area is 160 Å². The molecule has 0 aliphatic heterocycles. The van der Waals surface area contributed by atoms with E-state index in [0.717, 1.165) is 11.3 Å². The third-order valence-electron chi connectivity index (χ3n) is 4.02. The lowest BCUT2D eigenvalue weighted by Crippen LogP contribution is -2.34. The number of esters is 1. The van der Waals surface area contributed by atoms with Crippen molar-refractivity contribution in [3.05, 3.63) is 60.2 Å². The number of amides is 1. The number of carbonyl (C=O) groups is 2. The molecular formula is C21H26N2O4. The van der Waals surface area contributed by atoms with Gasteiger partial charge in [-0.25, -0.2) is 4.79 Å². The van der Waals surface area contributed by atoms with Gasteiger partial charge in [0.1, 0.15) is 5.75 Å². The van der Waals surface area contributed by atoms with Crippen LogP contribution in [0.1, 0.15) is 12.5 Å². The summed E-state index contributed by atoms with van der Waals surface area (Å²) in [6, 6.07) is 16.9. The second-order valence-electron chi connectivity index (χ2n) is 6.49. The number of carbonyl (C=O) groups excluding carboxylic acids is 2. The van der Waals surface area contributed by atoms with E-state index < -0.39 is 12.1 Å². The summed E-state index contributed by atoms with van der Waals surface area (Å²) in [6.45, 7) is 1.73. The van der Waals surface area contributed by atoms with Crippen molar-refractivity contribution >= 4 is 17.6 Å². The Morgan fingerprint density at radius 3 is 2.19 bits per heavy atom. The third kappa shape index (κ3) is 6.33. The lowest BCUT2D eigenvalue weighted by Gasteiger charge is -2.19. The minimum atomic E-state index is -0.788. The van der Waals surface area contributed by atoms with Crippen LogP contribution in [0.5, 0.6) is 5.75 Å². The van der Waals surface area contributed by atoms with Gasteiger partial charge in [-0.2, -0.15) is 0 Å². The Bertz CT molecular complexity index is 745. The summed E-state index contributed by atoms with van der Waals surface area (Å²) in [6.07, 6.45) is -0.788. The van der Waals surface area contributed by atoms with Crippen molar-refractivity contribution in [2.45, 2.75) is 19.6 Å². The predicted molar refractivity (Wildman–Crippen MR) is 105 cm³/mol. The van der Waals surface area contributed by atoms with Crippen LogP contribution in [-0.4, -0.2) is 50.6 Å². The monoisotopic (exact) mass is 370 g/mol. The highest BCUT2D eigenvalue weighted by Gasteiger charge is 2.19. The SMILES string of the molecule is C[C@H](Oc1ccccc1)C(=O)OCC(=O)N(C)Cc1ccc(N(C)C)cc1. The average Bonchev–Trinajstić information content (AvgIpc) is 2.66. The van der Waals surface area contributed by atoms with E-state index in [1.54, 1.807) is 26.1 Å². The van der Waals surface area contributed by atoms with Gasteiger partial charge in [-0.15, -0.1) is 0 Å². The quantitative estimate of drug-likeness (QED) is 0.669. The maximum absolute atomic E-state index is 12.2. The number of likely N-dealkylation sites (N-methyl/N-ethyl adjacent to an activating group) is 1. The van der Waals surface area contributed by atoms with Gasteiger partial charge in [0.2, 0.25) is 0 Å². The molecule has 0 aliphatic carbocycles. The largest absolute Gasteiger partial charge is 0.479 e. The molecule has 0 aromatic heterocycles. The molecular weight excluding hydrogens is 344 g/mol. The zero-order valence-electron chi connectivity index (χ0n) is 16.2. The lowest BCUT2D eigenvalue weighted by molar-refractivity contribution is -0.157. The molecule has 0 N–H and O–H groups in total. The molecule has 27 heavy (non-hydrogen) atoms. The van der Waals surface area contributed by atoms with Gasteiger partial charge in [-0.3, -0.25) is 4.79 Å². The third-order valence-corrected chi connectivity index (χ3v) is 4.02. The standard InChI is InChI=1S/C21H26N2O4/c1-16(27-19-8-6-5-7-9-19)21(25)26-15-20(24)23(4)14-17-10-12-18(13-11-17)22(2)3/h5-13,16H,14-15H2,1-4H3/t16-/m0/s1. The van der Waals surface area contributed by atoms with E-state index in [9.17, 15) is 9.59 Å².